The number of rotatable bonds is 9. The monoisotopic (exact) mass is 522 g/mol. The van der Waals surface area contributed by atoms with Gasteiger partial charge >= 0.3 is 5.97 Å². The summed E-state index contributed by atoms with van der Waals surface area (Å²) in [6, 6.07) is 4.49. The summed E-state index contributed by atoms with van der Waals surface area (Å²) in [4.78, 5) is 24.3. The summed E-state index contributed by atoms with van der Waals surface area (Å²) < 4.78 is 21.4. The molecule has 6 atom stereocenters. The Kier molecular flexibility index (Phi) is 9.46. The van der Waals surface area contributed by atoms with E-state index in [9.17, 15) is 35.1 Å². The summed E-state index contributed by atoms with van der Waals surface area (Å²) in [7, 11) is 1.39. The van der Waals surface area contributed by atoms with Gasteiger partial charge in [0.25, 0.3) is 0 Å². The molecule has 0 radical (unpaired) electrons. The molecule has 1 heterocycles. The maximum absolute atomic E-state index is 12.2. The van der Waals surface area contributed by atoms with Crippen LogP contribution in [0.25, 0.3) is 6.08 Å². The Hall–Kier alpha value is -2.80. The zero-order valence-corrected chi connectivity index (χ0v) is 20.9. The highest BCUT2D eigenvalue weighted by Gasteiger charge is 2.45. The van der Waals surface area contributed by atoms with Crippen molar-refractivity contribution in [2.45, 2.75) is 51.0 Å². The molecule has 11 nitrogen and oxygen atoms in total. The number of hydrogen-bond donors (Lipinski definition) is 5. The normalized spacial score (nSPS) is 29.7. The number of phenolic OH excluding ortho intramolecular Hbond substituents is 1. The third kappa shape index (κ3) is 6.95. The summed E-state index contributed by atoms with van der Waals surface area (Å²) in [6.45, 7) is 2.92. The summed E-state index contributed by atoms with van der Waals surface area (Å²) in [5.74, 6) is -1.05. The minimum atomic E-state index is -1.64. The largest absolute Gasteiger partial charge is 0.504 e. The number of aliphatic hydroxyl groups is 4. The van der Waals surface area contributed by atoms with E-state index >= 15 is 0 Å². The zero-order valence-electron chi connectivity index (χ0n) is 20.9. The number of methoxy groups -OCH3 is 1. The van der Waals surface area contributed by atoms with Crippen LogP contribution < -0.4 is 4.74 Å². The molecule has 3 rings (SSSR count). The number of carbonyl (C=O) groups excluding carboxylic acids is 2. The van der Waals surface area contributed by atoms with Crippen LogP contribution in [0.1, 0.15) is 25.8 Å². The number of hydrogen-bond acceptors (Lipinski definition) is 11. The third-order valence-electron chi connectivity index (χ3n) is 6.64. The molecule has 5 N–H and O–H groups in total. The summed E-state index contributed by atoms with van der Waals surface area (Å²) in [5, 5.41) is 50.4. The van der Waals surface area contributed by atoms with E-state index in [1.807, 2.05) is 13.8 Å². The van der Waals surface area contributed by atoms with Crippen molar-refractivity contribution in [1.29, 1.82) is 0 Å². The average molecular weight is 523 g/mol. The maximum atomic E-state index is 12.2. The molecule has 1 aromatic rings. The van der Waals surface area contributed by atoms with Gasteiger partial charge in [-0.25, -0.2) is 4.79 Å². The molecule has 0 amide bonds. The van der Waals surface area contributed by atoms with Crippen LogP contribution in [0.5, 0.6) is 11.5 Å². The first-order valence-electron chi connectivity index (χ1n) is 11.8. The second-order valence-corrected chi connectivity index (χ2v) is 9.81. The zero-order chi connectivity index (χ0) is 27.3. The Balaban J connectivity index is 1.60. The average Bonchev–Trinajstić information content (AvgIpc) is 2.84. The van der Waals surface area contributed by atoms with Gasteiger partial charge < -0.3 is 44.5 Å². The van der Waals surface area contributed by atoms with Crippen LogP contribution in [0.3, 0.4) is 0 Å². The molecule has 1 aliphatic carbocycles. The molecule has 1 saturated heterocycles. The second-order valence-electron chi connectivity index (χ2n) is 9.81. The summed E-state index contributed by atoms with van der Waals surface area (Å²) in [5.41, 5.74) is 0.600. The Morgan fingerprint density at radius 1 is 1.19 bits per heavy atom. The van der Waals surface area contributed by atoms with E-state index in [1.165, 1.54) is 31.4 Å². The van der Waals surface area contributed by atoms with Gasteiger partial charge in [0.1, 0.15) is 31.0 Å². The number of carbonyl (C=O) groups is 2. The minimum Gasteiger partial charge on any atom is -0.504 e. The highest BCUT2D eigenvalue weighted by Crippen LogP contribution is 2.40. The number of benzene rings is 1. The molecule has 0 bridgehead atoms. The van der Waals surface area contributed by atoms with Crippen molar-refractivity contribution in [1.82, 2.24) is 0 Å². The predicted octanol–water partition coefficient (Wildman–Crippen LogP) is 0.315. The van der Waals surface area contributed by atoms with Crippen LogP contribution in [0.15, 0.2) is 35.9 Å². The fraction of sp³-hybridized carbons (Fsp3) is 0.538. The lowest BCUT2D eigenvalue weighted by molar-refractivity contribution is -0.299. The fourth-order valence-corrected chi connectivity index (χ4v) is 4.48. The molecule has 0 aromatic heterocycles. The van der Waals surface area contributed by atoms with Crippen molar-refractivity contribution in [3.8, 4) is 11.5 Å². The van der Waals surface area contributed by atoms with E-state index in [1.54, 1.807) is 6.07 Å². The molecule has 37 heavy (non-hydrogen) atoms. The van der Waals surface area contributed by atoms with Crippen LogP contribution >= 0.6 is 0 Å². The molecular formula is C26H34O11. The SMILES string of the molecule is COc1cc(/C=C/C(=O)OC[C@@H]2O[C@H](OCC3=CC(=O)CC(C)(C)[C@@H]3CO)[C@@H](O)[C@H](O)[C@H]2O)ccc1O. The highest BCUT2D eigenvalue weighted by atomic mass is 16.7. The summed E-state index contributed by atoms with van der Waals surface area (Å²) >= 11 is 0. The smallest absolute Gasteiger partial charge is 0.330 e. The first-order valence-corrected chi connectivity index (χ1v) is 11.8. The van der Waals surface area contributed by atoms with Gasteiger partial charge in [0.15, 0.2) is 23.6 Å². The summed E-state index contributed by atoms with van der Waals surface area (Å²) in [6.07, 6.45) is -3.16. The molecule has 1 aliphatic heterocycles. The van der Waals surface area contributed by atoms with Gasteiger partial charge in [-0.3, -0.25) is 4.79 Å². The van der Waals surface area contributed by atoms with Crippen LogP contribution in [0, 0.1) is 11.3 Å². The molecule has 204 valence electrons. The lowest BCUT2D eigenvalue weighted by Gasteiger charge is -2.41. The number of aromatic hydroxyl groups is 1. The fourth-order valence-electron chi connectivity index (χ4n) is 4.48. The number of phenols is 1. The highest BCUT2D eigenvalue weighted by molar-refractivity contribution is 5.92. The number of aliphatic hydroxyl groups excluding tert-OH is 4. The Labute approximate surface area is 214 Å². The first-order chi connectivity index (χ1) is 17.5. The molecule has 1 fully saturated rings. The van der Waals surface area contributed by atoms with Crippen molar-refractivity contribution < 1.29 is 54.1 Å². The van der Waals surface area contributed by atoms with Gasteiger partial charge in [-0.15, -0.1) is 0 Å². The van der Waals surface area contributed by atoms with Gasteiger partial charge in [0.2, 0.25) is 0 Å². The third-order valence-corrected chi connectivity index (χ3v) is 6.64. The number of allylic oxidation sites excluding steroid dienone is 1. The van der Waals surface area contributed by atoms with E-state index in [4.69, 9.17) is 18.9 Å². The molecule has 0 saturated carbocycles. The molecule has 0 unspecified atom stereocenters. The lowest BCUT2D eigenvalue weighted by atomic mass is 9.68. The molecule has 11 heteroatoms. The quantitative estimate of drug-likeness (QED) is 0.223. The van der Waals surface area contributed by atoms with Crippen molar-refractivity contribution in [2.75, 3.05) is 26.9 Å². The standard InChI is InChI=1S/C26H34O11/c1-26(2)10-16(28)9-15(17(26)11-27)12-36-25-24(33)23(32)22(31)20(37-25)13-35-21(30)7-5-14-4-6-18(29)19(8-14)34-3/h4-9,17,20,22-25,27,29,31-33H,10-13H2,1-3H3/b7-5+/t17-,20+,22+,23-,24+,25+/m1/s1. The molecule has 0 spiro atoms. The Morgan fingerprint density at radius 2 is 1.92 bits per heavy atom. The van der Waals surface area contributed by atoms with Gasteiger partial charge in [0, 0.05) is 18.4 Å². The maximum Gasteiger partial charge on any atom is 0.330 e. The molecule has 1 aromatic carbocycles. The van der Waals surface area contributed by atoms with Crippen LogP contribution in [0.4, 0.5) is 0 Å². The first kappa shape index (κ1) is 28.8. The van der Waals surface area contributed by atoms with Crippen LogP contribution in [0.2, 0.25) is 0 Å². The van der Waals surface area contributed by atoms with Crippen molar-refractivity contribution in [3.63, 3.8) is 0 Å². The molecule has 2 aliphatic rings. The minimum absolute atomic E-state index is 0.0508. The van der Waals surface area contributed by atoms with E-state index in [0.29, 0.717) is 11.1 Å². The Morgan fingerprint density at radius 3 is 2.59 bits per heavy atom. The second kappa shape index (κ2) is 12.2. The van der Waals surface area contributed by atoms with Crippen molar-refractivity contribution >= 4 is 17.8 Å². The van der Waals surface area contributed by atoms with E-state index in [-0.39, 0.29) is 42.8 Å². The molecular weight excluding hydrogens is 488 g/mol. The van der Waals surface area contributed by atoms with E-state index in [0.717, 1.165) is 6.08 Å². The van der Waals surface area contributed by atoms with E-state index in [2.05, 4.69) is 0 Å². The van der Waals surface area contributed by atoms with Crippen LogP contribution in [-0.2, 0) is 23.8 Å². The topological polar surface area (TPSA) is 172 Å². The van der Waals surface area contributed by atoms with Gasteiger partial charge in [-0.2, -0.15) is 0 Å². The number of ketones is 1. The van der Waals surface area contributed by atoms with Gasteiger partial charge in [-0.1, -0.05) is 19.9 Å². The predicted molar refractivity (Wildman–Crippen MR) is 129 cm³/mol. The lowest BCUT2D eigenvalue weighted by Crippen LogP contribution is -2.59. The van der Waals surface area contributed by atoms with Gasteiger partial charge in [-0.05, 0) is 40.8 Å². The Bertz CT molecular complexity index is 1030. The van der Waals surface area contributed by atoms with E-state index < -0.39 is 48.7 Å². The van der Waals surface area contributed by atoms with Crippen LogP contribution in [-0.4, -0.2) is 94.9 Å². The van der Waals surface area contributed by atoms with Gasteiger partial charge in [0.05, 0.1) is 20.3 Å². The number of esters is 1. The van der Waals surface area contributed by atoms with Crippen molar-refractivity contribution in [3.05, 3.63) is 41.5 Å². The number of ether oxygens (including phenoxy) is 4. The van der Waals surface area contributed by atoms with Crippen molar-refractivity contribution in [2.24, 2.45) is 11.3 Å².